The molecule has 2 rings (SSSR count). The maximum absolute atomic E-state index is 12.6. The highest BCUT2D eigenvalue weighted by Gasteiger charge is 2.29. The molecule has 0 bridgehead atoms. The average Bonchev–Trinajstić information content (AvgIpc) is 2.72. The van der Waals surface area contributed by atoms with Crippen molar-refractivity contribution in [1.29, 1.82) is 0 Å². The molecule has 1 saturated heterocycles. The van der Waals surface area contributed by atoms with Crippen molar-refractivity contribution < 1.29 is 19.2 Å². The predicted molar refractivity (Wildman–Crippen MR) is 84.4 cm³/mol. The Hall–Kier alpha value is -1.62. The first-order chi connectivity index (χ1) is 10.3. The van der Waals surface area contributed by atoms with Gasteiger partial charge < -0.3 is 14.6 Å². The molecular weight excluding hydrogens is 280 g/mol. The van der Waals surface area contributed by atoms with E-state index in [1.165, 1.54) is 18.4 Å². The maximum Gasteiger partial charge on any atom is 0.339 e. The molecule has 0 radical (unpaired) electrons. The van der Waals surface area contributed by atoms with Crippen molar-refractivity contribution in [3.63, 3.8) is 0 Å². The third-order valence-electron chi connectivity index (χ3n) is 4.60. The van der Waals surface area contributed by atoms with E-state index in [-0.39, 0.29) is 5.78 Å². The van der Waals surface area contributed by atoms with Crippen LogP contribution in [0.1, 0.15) is 52.4 Å². The van der Waals surface area contributed by atoms with Gasteiger partial charge in [-0.05, 0) is 25.8 Å². The largest absolute Gasteiger partial charge is 0.465 e. The number of methoxy groups -OCH3 is 1. The number of rotatable bonds is 4. The number of nitrogens with one attached hydrogen (secondary N) is 2. The fraction of sp³-hybridized carbons (Fsp3) is 0.647. The number of esters is 1. The lowest BCUT2D eigenvalue weighted by atomic mass is 9.91. The summed E-state index contributed by atoms with van der Waals surface area (Å²) in [5.41, 5.74) is 2.44. The number of aromatic nitrogens is 1. The molecule has 0 saturated carbocycles. The summed E-state index contributed by atoms with van der Waals surface area (Å²) in [6, 6.07) is 0. The number of hydrogen-bond donors (Lipinski definition) is 2. The molecular formula is C17H27N2O3+. The summed E-state index contributed by atoms with van der Waals surface area (Å²) in [6.45, 7) is 10.7. The molecule has 0 spiro atoms. The van der Waals surface area contributed by atoms with Crippen molar-refractivity contribution >= 4 is 11.8 Å². The minimum absolute atomic E-state index is 0.0760. The molecule has 1 aliphatic heterocycles. The highest BCUT2D eigenvalue weighted by atomic mass is 16.5. The summed E-state index contributed by atoms with van der Waals surface area (Å²) in [5, 5.41) is 0. The zero-order valence-corrected chi connectivity index (χ0v) is 14.2. The fourth-order valence-corrected chi connectivity index (χ4v) is 3.82. The molecule has 1 aromatic rings. The van der Waals surface area contributed by atoms with Crippen LogP contribution >= 0.6 is 0 Å². The van der Waals surface area contributed by atoms with E-state index < -0.39 is 5.97 Å². The molecule has 0 unspecified atom stereocenters. The molecule has 0 aliphatic carbocycles. The van der Waals surface area contributed by atoms with Crippen molar-refractivity contribution in [2.24, 2.45) is 11.8 Å². The van der Waals surface area contributed by atoms with Crippen molar-refractivity contribution in [3.05, 3.63) is 22.5 Å². The first-order valence-electron chi connectivity index (χ1n) is 7.97. The van der Waals surface area contributed by atoms with E-state index >= 15 is 0 Å². The molecule has 122 valence electrons. The number of Topliss-reactive ketones (excluding diaryl/α,β-unsaturated/α-hetero) is 1. The first-order valence-corrected chi connectivity index (χ1v) is 7.97. The highest BCUT2D eigenvalue weighted by molar-refractivity contribution is 6.01. The number of ether oxygens (including phenoxy) is 1. The third-order valence-corrected chi connectivity index (χ3v) is 4.60. The Morgan fingerprint density at radius 2 is 1.82 bits per heavy atom. The second-order valence-electron chi connectivity index (χ2n) is 6.82. The number of quaternary nitrogens is 1. The molecule has 0 aromatic carbocycles. The molecule has 0 amide bonds. The number of piperidine rings is 1. The molecule has 5 heteroatoms. The topological polar surface area (TPSA) is 63.6 Å². The van der Waals surface area contributed by atoms with E-state index in [1.54, 1.807) is 13.8 Å². The number of hydrogen-bond acceptors (Lipinski definition) is 3. The van der Waals surface area contributed by atoms with Gasteiger partial charge in [0, 0.05) is 17.5 Å². The smallest absolute Gasteiger partial charge is 0.339 e. The van der Waals surface area contributed by atoms with Crippen LogP contribution in [0.15, 0.2) is 0 Å². The molecule has 2 atom stereocenters. The van der Waals surface area contributed by atoms with Crippen LogP contribution in [-0.4, -0.2) is 43.5 Å². The minimum Gasteiger partial charge on any atom is -0.465 e. The molecule has 5 nitrogen and oxygen atoms in total. The fourth-order valence-electron chi connectivity index (χ4n) is 3.82. The van der Waals surface area contributed by atoms with Crippen LogP contribution in [0.25, 0.3) is 0 Å². The number of H-pyrrole nitrogens is 1. The number of carbonyl (C=O) groups excluding carboxylic acids is 2. The van der Waals surface area contributed by atoms with Gasteiger partial charge in [0.15, 0.2) is 0 Å². The maximum atomic E-state index is 12.6. The third kappa shape index (κ3) is 3.40. The van der Waals surface area contributed by atoms with Gasteiger partial charge in [-0.15, -0.1) is 0 Å². The summed E-state index contributed by atoms with van der Waals surface area (Å²) >= 11 is 0. The lowest BCUT2D eigenvalue weighted by molar-refractivity contribution is -0.903. The van der Waals surface area contributed by atoms with E-state index in [9.17, 15) is 9.59 Å². The van der Waals surface area contributed by atoms with E-state index in [4.69, 9.17) is 4.74 Å². The minimum atomic E-state index is -0.391. The Bertz CT molecular complexity index is 567. The summed E-state index contributed by atoms with van der Waals surface area (Å²) in [4.78, 5) is 28.8. The molecule has 1 fully saturated rings. The van der Waals surface area contributed by atoms with Gasteiger partial charge in [-0.25, -0.2) is 4.79 Å². The molecule has 2 N–H and O–H groups in total. The van der Waals surface area contributed by atoms with Crippen molar-refractivity contribution in [2.45, 2.75) is 34.1 Å². The van der Waals surface area contributed by atoms with E-state index in [2.05, 4.69) is 18.8 Å². The Morgan fingerprint density at radius 1 is 1.23 bits per heavy atom. The van der Waals surface area contributed by atoms with Gasteiger partial charge in [0.05, 0.1) is 31.5 Å². The summed E-state index contributed by atoms with van der Waals surface area (Å²) in [5.74, 6) is 0.997. The van der Waals surface area contributed by atoms with E-state index in [0.29, 0.717) is 40.9 Å². The lowest BCUT2D eigenvalue weighted by Crippen LogP contribution is -3.15. The monoisotopic (exact) mass is 307 g/mol. The van der Waals surface area contributed by atoms with Gasteiger partial charge in [-0.3, -0.25) is 4.79 Å². The number of carbonyl (C=O) groups is 2. The Balaban J connectivity index is 2.15. The van der Waals surface area contributed by atoms with Crippen LogP contribution in [0.2, 0.25) is 0 Å². The van der Waals surface area contributed by atoms with Crippen LogP contribution in [0, 0.1) is 25.7 Å². The van der Waals surface area contributed by atoms with Gasteiger partial charge in [0.1, 0.15) is 6.54 Å². The second kappa shape index (κ2) is 6.65. The quantitative estimate of drug-likeness (QED) is 0.648. The first kappa shape index (κ1) is 16.7. The summed E-state index contributed by atoms with van der Waals surface area (Å²) in [6.07, 6.45) is 1.24. The molecule has 2 heterocycles. The van der Waals surface area contributed by atoms with Crippen molar-refractivity contribution in [3.8, 4) is 0 Å². The normalized spacial score (nSPS) is 25.0. The standard InChI is InChI=1S/C17H26N2O3/c1-10-6-11(2)8-19(7-10)9-14(20)16-12(3)15(13(4)18-16)17(21)22-5/h10-11,18H,6-9H2,1-5H3/p+1/t10-,11-/m0/s1. The van der Waals surface area contributed by atoms with Gasteiger partial charge in [0.2, 0.25) is 5.78 Å². The van der Waals surface area contributed by atoms with Crippen molar-refractivity contribution in [1.82, 2.24) is 4.98 Å². The van der Waals surface area contributed by atoms with Crippen molar-refractivity contribution in [2.75, 3.05) is 26.7 Å². The van der Waals surface area contributed by atoms with Crippen LogP contribution < -0.4 is 4.90 Å². The Morgan fingerprint density at radius 3 is 2.36 bits per heavy atom. The van der Waals surface area contributed by atoms with Gasteiger partial charge in [0.25, 0.3) is 0 Å². The lowest BCUT2D eigenvalue weighted by Gasteiger charge is -2.31. The second-order valence-corrected chi connectivity index (χ2v) is 6.82. The zero-order valence-electron chi connectivity index (χ0n) is 14.2. The predicted octanol–water partition coefficient (Wildman–Crippen LogP) is 1.16. The highest BCUT2D eigenvalue weighted by Crippen LogP contribution is 2.19. The number of aryl methyl sites for hydroxylation is 1. The van der Waals surface area contributed by atoms with Crippen LogP contribution in [0.5, 0.6) is 0 Å². The zero-order chi connectivity index (χ0) is 16.4. The number of aromatic amines is 1. The Kier molecular flexibility index (Phi) is 5.06. The Labute approximate surface area is 132 Å². The van der Waals surface area contributed by atoms with Crippen LogP contribution in [0.3, 0.4) is 0 Å². The van der Waals surface area contributed by atoms with E-state index in [1.807, 2.05) is 0 Å². The SMILES string of the molecule is COC(=O)c1c(C)[nH]c(C(=O)C[NH+]2C[C@@H](C)C[C@H](C)C2)c1C. The number of likely N-dealkylation sites (tertiary alicyclic amines) is 1. The van der Waals surface area contributed by atoms with Gasteiger partial charge in [-0.1, -0.05) is 13.8 Å². The van der Waals surface area contributed by atoms with Gasteiger partial charge >= 0.3 is 5.97 Å². The van der Waals surface area contributed by atoms with Crippen LogP contribution in [-0.2, 0) is 4.74 Å². The number of ketones is 1. The van der Waals surface area contributed by atoms with E-state index in [0.717, 1.165) is 13.1 Å². The molecule has 22 heavy (non-hydrogen) atoms. The van der Waals surface area contributed by atoms with Crippen LogP contribution in [0.4, 0.5) is 0 Å². The van der Waals surface area contributed by atoms with Gasteiger partial charge in [-0.2, -0.15) is 0 Å². The average molecular weight is 307 g/mol. The molecule has 1 aromatic heterocycles. The summed E-state index contributed by atoms with van der Waals surface area (Å²) < 4.78 is 4.79. The molecule has 1 aliphatic rings. The summed E-state index contributed by atoms with van der Waals surface area (Å²) in [7, 11) is 1.36.